The van der Waals surface area contributed by atoms with Gasteiger partial charge in [0.2, 0.25) is 0 Å². The zero-order chi connectivity index (χ0) is 36.5. The van der Waals surface area contributed by atoms with Gasteiger partial charge in [0, 0.05) is 49.6 Å². The number of hydrogen-bond donors (Lipinski definition) is 0. The summed E-state index contributed by atoms with van der Waals surface area (Å²) < 4.78 is 4.93. The van der Waals surface area contributed by atoms with Crippen molar-refractivity contribution < 1.29 is 0 Å². The molecule has 3 heterocycles. The quantitative estimate of drug-likeness (QED) is 0.257. The zero-order valence-electron chi connectivity index (χ0n) is 30.7. The number of fused-ring (bicyclic) bond motifs is 7. The first kappa shape index (κ1) is 32.1. The lowest BCUT2D eigenvalue weighted by atomic mass is 9.65. The Morgan fingerprint density at radius 2 is 0.852 bits per heavy atom. The van der Waals surface area contributed by atoms with E-state index in [0.29, 0.717) is 17.5 Å². The summed E-state index contributed by atoms with van der Waals surface area (Å²) in [5.41, 5.74) is 14.8. The third-order valence-corrected chi connectivity index (χ3v) is 11.2. The van der Waals surface area contributed by atoms with Crippen molar-refractivity contribution in [3.05, 3.63) is 152 Å². The number of benzene rings is 7. The lowest BCUT2D eigenvalue weighted by Crippen LogP contribution is -2.46. The van der Waals surface area contributed by atoms with Gasteiger partial charge in [-0.1, -0.05) is 143 Å². The molecule has 0 fully saturated rings. The van der Waals surface area contributed by atoms with Gasteiger partial charge in [0.15, 0.2) is 17.5 Å². The molecule has 10 aromatic rings. The maximum absolute atomic E-state index is 5.17. The molecular formula is C45H33B4N5. The van der Waals surface area contributed by atoms with Gasteiger partial charge >= 0.3 is 0 Å². The minimum absolute atomic E-state index is 0.664. The first-order chi connectivity index (χ1) is 26.5. The third-order valence-electron chi connectivity index (χ3n) is 11.2. The van der Waals surface area contributed by atoms with Crippen LogP contribution in [-0.4, -0.2) is 55.5 Å². The molecule has 0 saturated heterocycles. The molecule has 54 heavy (non-hydrogen) atoms. The molecular weight excluding hydrogens is 654 g/mol. The summed E-state index contributed by atoms with van der Waals surface area (Å²) in [6.07, 6.45) is 0. The first-order valence-electron chi connectivity index (χ1n) is 18.5. The number of para-hydroxylation sites is 3. The van der Waals surface area contributed by atoms with Gasteiger partial charge in [0.1, 0.15) is 31.4 Å². The Hall–Kier alpha value is -6.59. The molecule has 0 bridgehead atoms. The van der Waals surface area contributed by atoms with Gasteiger partial charge in [-0.15, -0.1) is 0 Å². The lowest BCUT2D eigenvalue weighted by molar-refractivity contribution is 1.08. The van der Waals surface area contributed by atoms with Gasteiger partial charge in [-0.2, -0.15) is 0 Å². The summed E-state index contributed by atoms with van der Waals surface area (Å²) in [5.74, 6) is 2.01. The molecule has 0 aliphatic heterocycles. The molecule has 0 N–H and O–H groups in total. The Balaban J connectivity index is 1.29. The predicted molar refractivity (Wildman–Crippen MR) is 238 cm³/mol. The smallest absolute Gasteiger partial charge is 0.164 e. The fourth-order valence-corrected chi connectivity index (χ4v) is 8.48. The molecule has 0 unspecified atom stereocenters. The van der Waals surface area contributed by atoms with Crippen LogP contribution < -0.4 is 21.9 Å². The Morgan fingerprint density at radius 3 is 1.44 bits per heavy atom. The molecule has 5 nitrogen and oxygen atoms in total. The highest BCUT2D eigenvalue weighted by molar-refractivity contribution is 6.61. The van der Waals surface area contributed by atoms with E-state index in [0.717, 1.165) is 33.3 Å². The normalized spacial score (nSPS) is 11.6. The van der Waals surface area contributed by atoms with Crippen LogP contribution in [0.25, 0.3) is 89.2 Å². The number of hydrogen-bond acceptors (Lipinski definition) is 3. The second-order valence-corrected chi connectivity index (χ2v) is 14.2. The monoisotopic (exact) mass is 687 g/mol. The molecule has 7 aromatic carbocycles. The second-order valence-electron chi connectivity index (χ2n) is 14.2. The molecule has 0 radical (unpaired) electrons. The first-order valence-corrected chi connectivity index (χ1v) is 18.5. The molecule has 0 amide bonds. The molecule has 9 heteroatoms. The van der Waals surface area contributed by atoms with Gasteiger partial charge in [-0.25, -0.2) is 15.0 Å². The number of rotatable bonds is 5. The molecule has 250 valence electrons. The van der Waals surface area contributed by atoms with Crippen molar-refractivity contribution in [2.24, 2.45) is 0 Å². The summed E-state index contributed by atoms with van der Waals surface area (Å²) in [7, 11) is 8.96. The van der Waals surface area contributed by atoms with E-state index in [2.05, 4.69) is 156 Å². The third kappa shape index (κ3) is 4.81. The van der Waals surface area contributed by atoms with Crippen LogP contribution in [0.2, 0.25) is 0 Å². The van der Waals surface area contributed by atoms with E-state index in [1.165, 1.54) is 60.2 Å². The van der Waals surface area contributed by atoms with Gasteiger partial charge in [-0.3, -0.25) is 0 Å². The van der Waals surface area contributed by atoms with Crippen molar-refractivity contribution >= 4 is 96.8 Å². The van der Waals surface area contributed by atoms with E-state index < -0.39 is 0 Å². The van der Waals surface area contributed by atoms with Crippen LogP contribution in [-0.2, 0) is 0 Å². The summed E-state index contributed by atoms with van der Waals surface area (Å²) in [4.78, 5) is 15.3. The number of aromatic nitrogens is 5. The van der Waals surface area contributed by atoms with Crippen LogP contribution in [0.3, 0.4) is 0 Å². The highest BCUT2D eigenvalue weighted by Crippen LogP contribution is 2.41. The summed E-state index contributed by atoms with van der Waals surface area (Å²) >= 11 is 0. The zero-order valence-corrected chi connectivity index (χ0v) is 30.7. The Labute approximate surface area is 317 Å². The number of nitrogens with zero attached hydrogens (tertiary/aromatic N) is 5. The van der Waals surface area contributed by atoms with Crippen molar-refractivity contribution in [2.45, 2.75) is 0 Å². The molecule has 0 saturated carbocycles. The Bertz CT molecular complexity index is 3000. The molecule has 0 spiro atoms. The fraction of sp³-hybridized carbons (Fsp3) is 0. The average molecular weight is 687 g/mol. The minimum Gasteiger partial charge on any atom is -0.310 e. The van der Waals surface area contributed by atoms with Crippen LogP contribution in [0, 0.1) is 0 Å². The highest BCUT2D eigenvalue weighted by Gasteiger charge is 2.25. The topological polar surface area (TPSA) is 48.5 Å². The SMILES string of the molecule is Bc1c(B)c(-n2c3ccccc3c3ccc4c(c5ccccc5n4-c4ccccc4)c32)c(B)c(B)c1-c1nc(-c2ccccc2)nc(-c2ccccc2)n1. The van der Waals surface area contributed by atoms with Crippen LogP contribution >= 0.6 is 0 Å². The Morgan fingerprint density at radius 1 is 0.370 bits per heavy atom. The summed E-state index contributed by atoms with van der Waals surface area (Å²) in [6.45, 7) is 0. The van der Waals surface area contributed by atoms with Gasteiger partial charge in [0.25, 0.3) is 0 Å². The maximum Gasteiger partial charge on any atom is 0.164 e. The molecule has 0 aliphatic carbocycles. The van der Waals surface area contributed by atoms with E-state index in [9.17, 15) is 0 Å². The van der Waals surface area contributed by atoms with E-state index >= 15 is 0 Å². The maximum atomic E-state index is 5.17. The van der Waals surface area contributed by atoms with E-state index in [1.54, 1.807) is 0 Å². The average Bonchev–Trinajstić information content (AvgIpc) is 3.74. The van der Waals surface area contributed by atoms with E-state index in [4.69, 9.17) is 15.0 Å². The predicted octanol–water partition coefficient (Wildman–Crippen LogP) is 4.10. The molecule has 0 aliphatic rings. The van der Waals surface area contributed by atoms with Crippen molar-refractivity contribution in [1.82, 2.24) is 24.1 Å². The Kier molecular flexibility index (Phi) is 7.44. The summed E-state index contributed by atoms with van der Waals surface area (Å²) in [5, 5.41) is 4.96. The fourth-order valence-electron chi connectivity index (χ4n) is 8.48. The molecule has 0 atom stereocenters. The van der Waals surface area contributed by atoms with Crippen molar-refractivity contribution in [2.75, 3.05) is 0 Å². The molecule has 10 rings (SSSR count). The van der Waals surface area contributed by atoms with Crippen molar-refractivity contribution in [1.29, 1.82) is 0 Å². The largest absolute Gasteiger partial charge is 0.310 e. The minimum atomic E-state index is 0.664. The van der Waals surface area contributed by atoms with Crippen LogP contribution in [0.1, 0.15) is 0 Å². The van der Waals surface area contributed by atoms with Gasteiger partial charge in [-0.05, 0) is 30.3 Å². The molecule has 3 aromatic heterocycles. The van der Waals surface area contributed by atoms with E-state index in [-0.39, 0.29) is 0 Å². The van der Waals surface area contributed by atoms with Crippen LogP contribution in [0.5, 0.6) is 0 Å². The van der Waals surface area contributed by atoms with Gasteiger partial charge in [0.05, 0.1) is 22.1 Å². The van der Waals surface area contributed by atoms with Crippen molar-refractivity contribution in [3.63, 3.8) is 0 Å². The van der Waals surface area contributed by atoms with Gasteiger partial charge < -0.3 is 9.13 Å². The standard InChI is InChI=1S/C45H33B4N5/c46-37-36(45-51-43(26-14-4-1-5-15-26)50-44(52-45)27-16-6-2-7-17-27)38(47)40(49)42(39(37)48)54-32-22-12-10-20-29(32)30-24-25-34-35(41(30)54)31-21-11-13-23-33(31)53(34)28-18-8-3-9-19-28/h1-25H,46-49H2. The summed E-state index contributed by atoms with van der Waals surface area (Å²) in [6, 6.07) is 53.3. The van der Waals surface area contributed by atoms with Crippen molar-refractivity contribution in [3.8, 4) is 45.5 Å². The van der Waals surface area contributed by atoms with Crippen LogP contribution in [0.4, 0.5) is 0 Å². The lowest BCUT2D eigenvalue weighted by Gasteiger charge is -2.23. The van der Waals surface area contributed by atoms with E-state index in [1.807, 2.05) is 36.4 Å². The highest BCUT2D eigenvalue weighted by atomic mass is 15.0. The van der Waals surface area contributed by atoms with Crippen LogP contribution in [0.15, 0.2) is 152 Å². The second kappa shape index (κ2) is 12.5.